The molecule has 0 spiro atoms. The van der Waals surface area contributed by atoms with Crippen LogP contribution in [0.2, 0.25) is 0 Å². The van der Waals surface area contributed by atoms with E-state index in [1.807, 2.05) is 24.5 Å². The molecule has 0 bridgehead atoms. The molecular formula is C16H19NO3S2. The third kappa shape index (κ3) is 3.39. The van der Waals surface area contributed by atoms with Crippen molar-refractivity contribution in [2.24, 2.45) is 0 Å². The summed E-state index contributed by atoms with van der Waals surface area (Å²) < 4.78 is 33.4. The van der Waals surface area contributed by atoms with Gasteiger partial charge in [-0.1, -0.05) is 12.1 Å². The average Bonchev–Trinajstić information content (AvgIpc) is 2.46. The van der Waals surface area contributed by atoms with Gasteiger partial charge < -0.3 is 4.74 Å². The lowest BCUT2D eigenvalue weighted by atomic mass is 10.1. The SMILES string of the molecule is COc1cc(C)c(S(=O)(=O)Nc2ccccc2SC)c(C)c1. The summed E-state index contributed by atoms with van der Waals surface area (Å²) in [6.07, 6.45) is 1.91. The number of benzene rings is 2. The second kappa shape index (κ2) is 6.62. The number of nitrogens with one attached hydrogen (secondary N) is 1. The predicted octanol–water partition coefficient (Wildman–Crippen LogP) is 3.83. The molecule has 0 aliphatic heterocycles. The molecule has 4 nitrogen and oxygen atoms in total. The Hall–Kier alpha value is -1.66. The first-order chi connectivity index (χ1) is 10.4. The number of para-hydroxylation sites is 1. The van der Waals surface area contributed by atoms with Gasteiger partial charge in [0.1, 0.15) is 5.75 Å². The molecule has 2 aromatic rings. The molecule has 0 atom stereocenters. The van der Waals surface area contributed by atoms with E-state index in [1.54, 1.807) is 39.2 Å². The quantitative estimate of drug-likeness (QED) is 0.842. The summed E-state index contributed by atoms with van der Waals surface area (Å²) in [5.74, 6) is 0.651. The highest BCUT2D eigenvalue weighted by Crippen LogP contribution is 2.30. The van der Waals surface area contributed by atoms with E-state index in [-0.39, 0.29) is 0 Å². The van der Waals surface area contributed by atoms with Crippen molar-refractivity contribution in [2.45, 2.75) is 23.6 Å². The molecule has 22 heavy (non-hydrogen) atoms. The van der Waals surface area contributed by atoms with Gasteiger partial charge in [-0.25, -0.2) is 8.42 Å². The van der Waals surface area contributed by atoms with E-state index < -0.39 is 10.0 Å². The molecule has 0 fully saturated rings. The van der Waals surface area contributed by atoms with Crippen LogP contribution in [0.4, 0.5) is 5.69 Å². The second-order valence-electron chi connectivity index (χ2n) is 4.90. The molecule has 0 saturated carbocycles. The third-order valence-corrected chi connectivity index (χ3v) is 5.76. The van der Waals surface area contributed by atoms with E-state index in [4.69, 9.17) is 4.74 Å². The van der Waals surface area contributed by atoms with Crippen LogP contribution in [-0.4, -0.2) is 21.8 Å². The van der Waals surface area contributed by atoms with Crippen LogP contribution in [0.25, 0.3) is 0 Å². The maximum atomic E-state index is 12.7. The minimum atomic E-state index is -3.65. The Morgan fingerprint density at radius 2 is 1.68 bits per heavy atom. The second-order valence-corrected chi connectivity index (χ2v) is 7.36. The smallest absolute Gasteiger partial charge is 0.262 e. The molecule has 1 N–H and O–H groups in total. The van der Waals surface area contributed by atoms with Crippen molar-refractivity contribution in [3.05, 3.63) is 47.5 Å². The minimum Gasteiger partial charge on any atom is -0.497 e. The van der Waals surface area contributed by atoms with E-state index >= 15 is 0 Å². The van der Waals surface area contributed by atoms with Gasteiger partial charge in [-0.3, -0.25) is 4.72 Å². The normalized spacial score (nSPS) is 11.3. The van der Waals surface area contributed by atoms with Crippen molar-refractivity contribution in [2.75, 3.05) is 18.1 Å². The van der Waals surface area contributed by atoms with Gasteiger partial charge in [0.2, 0.25) is 0 Å². The van der Waals surface area contributed by atoms with Gasteiger partial charge in [-0.15, -0.1) is 11.8 Å². The summed E-state index contributed by atoms with van der Waals surface area (Å²) in [7, 11) is -2.09. The highest BCUT2D eigenvalue weighted by atomic mass is 32.2. The Morgan fingerprint density at radius 1 is 1.09 bits per heavy atom. The molecular weight excluding hydrogens is 318 g/mol. The maximum absolute atomic E-state index is 12.7. The van der Waals surface area contributed by atoms with Crippen LogP contribution in [0, 0.1) is 13.8 Å². The van der Waals surface area contributed by atoms with Crippen LogP contribution >= 0.6 is 11.8 Å². The lowest BCUT2D eigenvalue weighted by Crippen LogP contribution is -2.16. The highest BCUT2D eigenvalue weighted by molar-refractivity contribution is 7.99. The predicted molar refractivity (Wildman–Crippen MR) is 91.5 cm³/mol. The molecule has 0 aliphatic carbocycles. The molecule has 0 amide bonds. The van der Waals surface area contributed by atoms with Gasteiger partial charge in [0, 0.05) is 4.90 Å². The summed E-state index contributed by atoms with van der Waals surface area (Å²) in [5.41, 5.74) is 1.90. The van der Waals surface area contributed by atoms with Gasteiger partial charge >= 0.3 is 0 Å². The highest BCUT2D eigenvalue weighted by Gasteiger charge is 2.21. The first-order valence-corrected chi connectivity index (χ1v) is 9.41. The molecule has 0 aliphatic rings. The van der Waals surface area contributed by atoms with Crippen LogP contribution in [0.1, 0.15) is 11.1 Å². The Morgan fingerprint density at radius 3 is 2.23 bits per heavy atom. The maximum Gasteiger partial charge on any atom is 0.262 e. The van der Waals surface area contributed by atoms with Crippen LogP contribution in [0.5, 0.6) is 5.75 Å². The molecule has 0 saturated heterocycles. The standard InChI is InChI=1S/C16H19NO3S2/c1-11-9-13(20-3)10-12(2)16(11)22(18,19)17-14-7-5-6-8-15(14)21-4/h5-10,17H,1-4H3. The lowest BCUT2D eigenvalue weighted by Gasteiger charge is -2.15. The number of anilines is 1. The number of hydrogen-bond acceptors (Lipinski definition) is 4. The molecule has 0 radical (unpaired) electrons. The van der Waals surface area contributed by atoms with Crippen LogP contribution in [0.15, 0.2) is 46.2 Å². The van der Waals surface area contributed by atoms with Gasteiger partial charge in [0.15, 0.2) is 0 Å². The molecule has 6 heteroatoms. The van der Waals surface area contributed by atoms with E-state index in [0.29, 0.717) is 27.5 Å². The van der Waals surface area contributed by atoms with Crippen LogP contribution < -0.4 is 9.46 Å². The number of aryl methyl sites for hydroxylation is 2. The zero-order valence-corrected chi connectivity index (χ0v) is 14.6. The number of thioether (sulfide) groups is 1. The summed E-state index contributed by atoms with van der Waals surface area (Å²) in [5, 5.41) is 0. The molecule has 0 aromatic heterocycles. The van der Waals surface area contributed by atoms with E-state index in [1.165, 1.54) is 11.8 Å². The summed E-state index contributed by atoms with van der Waals surface area (Å²) in [4.78, 5) is 1.18. The fraction of sp³-hybridized carbons (Fsp3) is 0.250. The topological polar surface area (TPSA) is 55.4 Å². The van der Waals surface area contributed by atoms with Crippen molar-refractivity contribution in [1.29, 1.82) is 0 Å². The number of rotatable bonds is 5. The van der Waals surface area contributed by atoms with Gasteiger partial charge in [-0.2, -0.15) is 0 Å². The number of ether oxygens (including phenoxy) is 1. The fourth-order valence-corrected chi connectivity index (χ4v) is 4.53. The fourth-order valence-electron chi connectivity index (χ4n) is 2.38. The third-order valence-electron chi connectivity index (χ3n) is 3.29. The van der Waals surface area contributed by atoms with Crippen LogP contribution in [0.3, 0.4) is 0 Å². The summed E-state index contributed by atoms with van der Waals surface area (Å²) in [6, 6.07) is 10.8. The average molecular weight is 337 g/mol. The Kier molecular flexibility index (Phi) is 5.03. The summed E-state index contributed by atoms with van der Waals surface area (Å²) in [6.45, 7) is 3.54. The molecule has 0 unspecified atom stereocenters. The zero-order chi connectivity index (χ0) is 16.3. The Bertz CT molecular complexity index is 763. The van der Waals surface area contributed by atoms with Gasteiger partial charge in [0.25, 0.3) is 10.0 Å². The molecule has 2 aromatic carbocycles. The first-order valence-electron chi connectivity index (χ1n) is 6.70. The van der Waals surface area contributed by atoms with Gasteiger partial charge in [0.05, 0.1) is 17.7 Å². The van der Waals surface area contributed by atoms with Crippen molar-refractivity contribution < 1.29 is 13.2 Å². The lowest BCUT2D eigenvalue weighted by molar-refractivity contribution is 0.413. The van der Waals surface area contributed by atoms with Crippen molar-refractivity contribution in [3.63, 3.8) is 0 Å². The monoisotopic (exact) mass is 337 g/mol. The van der Waals surface area contributed by atoms with E-state index in [0.717, 1.165) is 4.90 Å². The van der Waals surface area contributed by atoms with Crippen molar-refractivity contribution in [3.8, 4) is 5.75 Å². The number of hydrogen-bond donors (Lipinski definition) is 1. The Balaban J connectivity index is 2.48. The number of methoxy groups -OCH3 is 1. The Labute approximate surface area is 135 Å². The van der Waals surface area contributed by atoms with Crippen molar-refractivity contribution >= 4 is 27.5 Å². The first kappa shape index (κ1) is 16.7. The van der Waals surface area contributed by atoms with Crippen LogP contribution in [-0.2, 0) is 10.0 Å². The van der Waals surface area contributed by atoms with E-state index in [2.05, 4.69) is 4.72 Å². The van der Waals surface area contributed by atoms with Crippen molar-refractivity contribution in [1.82, 2.24) is 0 Å². The zero-order valence-electron chi connectivity index (χ0n) is 13.0. The minimum absolute atomic E-state index is 0.296. The largest absolute Gasteiger partial charge is 0.497 e. The molecule has 0 heterocycles. The summed E-state index contributed by atoms with van der Waals surface area (Å²) >= 11 is 1.50. The number of sulfonamides is 1. The molecule has 2 rings (SSSR count). The van der Waals surface area contributed by atoms with Gasteiger partial charge in [-0.05, 0) is 55.5 Å². The van der Waals surface area contributed by atoms with E-state index in [9.17, 15) is 8.42 Å². The molecule has 118 valence electrons.